The summed E-state index contributed by atoms with van der Waals surface area (Å²) in [6.45, 7) is 0. The van der Waals surface area contributed by atoms with Crippen molar-refractivity contribution in [2.75, 3.05) is 0 Å². The first-order valence-corrected chi connectivity index (χ1v) is 18.0. The molecule has 9 aromatic rings. The van der Waals surface area contributed by atoms with Gasteiger partial charge in [0.2, 0.25) is 0 Å². The number of furan rings is 1. The fourth-order valence-corrected chi connectivity index (χ4v) is 8.20. The Labute approximate surface area is 309 Å². The smallest absolute Gasteiger partial charge is 0.164 e. The third-order valence-electron chi connectivity index (χ3n) is 11.7. The average molecular weight is 659 g/mol. The van der Waals surface area contributed by atoms with E-state index >= 15 is 0 Å². The molecular weight excluding hydrogens is 627 g/mol. The van der Waals surface area contributed by atoms with Crippen molar-refractivity contribution < 1.29 is 4.42 Å². The molecule has 0 fully saturated rings. The molecule has 0 aliphatic rings. The molecule has 0 N–H and O–H groups in total. The Morgan fingerprint density at radius 3 is 1.46 bits per heavy atom. The van der Waals surface area contributed by atoms with E-state index in [0.29, 0.717) is 17.5 Å². The van der Waals surface area contributed by atoms with Crippen LogP contribution in [0.4, 0.5) is 0 Å². The monoisotopic (exact) mass is 660 g/mol. The Balaban J connectivity index is 1.31. The van der Waals surface area contributed by atoms with Crippen LogP contribution in [-0.4, -0.2) is 82.3 Å². The van der Waals surface area contributed by atoms with E-state index in [1.165, 1.54) is 65.5 Å². The molecule has 0 aliphatic carbocycles. The summed E-state index contributed by atoms with van der Waals surface area (Å²) in [5.41, 5.74) is 18.8. The van der Waals surface area contributed by atoms with E-state index in [-0.39, 0.29) is 0 Å². The first kappa shape index (κ1) is 32.4. The summed E-state index contributed by atoms with van der Waals surface area (Å²) in [6.07, 6.45) is 0. The quantitative estimate of drug-likeness (QED) is 0.181. The van der Waals surface area contributed by atoms with Crippen molar-refractivity contribution in [3.8, 4) is 39.9 Å². The second-order valence-electron chi connectivity index (χ2n) is 14.3. The van der Waals surface area contributed by atoms with Crippen molar-refractivity contribution in [1.29, 1.82) is 0 Å². The fraction of sp³-hybridized carbons (Fsp3) is 0. The molecule has 6 aromatic carbocycles. The maximum absolute atomic E-state index is 6.72. The van der Waals surface area contributed by atoms with Crippen LogP contribution in [0, 0.1) is 0 Å². The largest absolute Gasteiger partial charge is 0.456 e. The maximum atomic E-state index is 6.72. The minimum absolute atomic E-state index is 0.612. The molecule has 52 heavy (non-hydrogen) atoms. The summed E-state index contributed by atoms with van der Waals surface area (Å²) in [7, 11) is 18.2. The molecule has 9 rings (SSSR count). The highest BCUT2D eigenvalue weighted by molar-refractivity contribution is 6.71. The van der Waals surface area contributed by atoms with Crippen LogP contribution >= 0.6 is 0 Å². The van der Waals surface area contributed by atoms with Crippen molar-refractivity contribution >= 4 is 150 Å². The Morgan fingerprint density at radius 2 is 0.923 bits per heavy atom. The van der Waals surface area contributed by atoms with Gasteiger partial charge in [0, 0.05) is 50.2 Å². The molecule has 0 bridgehead atoms. The van der Waals surface area contributed by atoms with Crippen LogP contribution < -0.4 is 43.7 Å². The van der Waals surface area contributed by atoms with Gasteiger partial charge in [0.15, 0.2) is 17.5 Å². The van der Waals surface area contributed by atoms with Gasteiger partial charge < -0.3 is 8.98 Å². The zero-order valence-electron chi connectivity index (χ0n) is 30.9. The highest BCUT2D eigenvalue weighted by atomic mass is 16.3. The number of nitrogens with zero attached hydrogens (tertiary/aromatic N) is 4. The van der Waals surface area contributed by atoms with Crippen molar-refractivity contribution in [2.24, 2.45) is 0 Å². The third kappa shape index (κ3) is 4.71. The van der Waals surface area contributed by atoms with Gasteiger partial charge in [-0.15, -0.1) is 10.9 Å². The molecule has 0 unspecified atom stereocenters. The zero-order valence-corrected chi connectivity index (χ0v) is 30.9. The summed E-state index contributed by atoms with van der Waals surface area (Å²) in [6, 6.07) is 33.0. The Bertz CT molecular complexity index is 2810. The minimum atomic E-state index is 0.612. The maximum Gasteiger partial charge on any atom is 0.164 e. The summed E-state index contributed by atoms with van der Waals surface area (Å²) in [4.78, 5) is 15.0. The van der Waals surface area contributed by atoms with Gasteiger partial charge in [-0.3, -0.25) is 0 Å². The van der Waals surface area contributed by atoms with E-state index in [4.69, 9.17) is 19.4 Å². The molecule has 238 valence electrons. The second-order valence-corrected chi connectivity index (χ2v) is 14.3. The van der Waals surface area contributed by atoms with Crippen LogP contribution in [0.5, 0.6) is 0 Å². The van der Waals surface area contributed by atoms with Crippen LogP contribution in [0.1, 0.15) is 0 Å². The van der Waals surface area contributed by atoms with Gasteiger partial charge in [0.1, 0.15) is 73.9 Å². The van der Waals surface area contributed by atoms with E-state index in [1.807, 2.05) is 72.8 Å². The lowest BCUT2D eigenvalue weighted by Crippen LogP contribution is -2.49. The first-order chi connectivity index (χ1) is 25.1. The third-order valence-corrected chi connectivity index (χ3v) is 11.7. The molecule has 3 heterocycles. The highest BCUT2D eigenvalue weighted by Gasteiger charge is 2.24. The predicted octanol–water partition coefficient (Wildman–Crippen LogP) is -4.06. The van der Waals surface area contributed by atoms with Gasteiger partial charge >= 0.3 is 0 Å². The van der Waals surface area contributed by atoms with Gasteiger partial charge in [0.05, 0.1) is 0 Å². The Kier molecular flexibility index (Phi) is 7.48. The van der Waals surface area contributed by atoms with E-state index < -0.39 is 0 Å². The lowest BCUT2D eigenvalue weighted by molar-refractivity contribution is 0.668. The standard InChI is InChI=1S/C39H32B8N4O/c40-27-25-26-28(41)30(43)32(45)34(47)36(26)51(35(25)33(46)31(44)29(27)42)19-14-15-20-23(16-19)52-22-13-7-12-21(24(20)22)39-49-37(17-8-3-1-4-9-17)48-38(50-39)18-10-5-2-6-11-18/h1-16H,40-47H2. The number of benzene rings is 6. The predicted molar refractivity (Wildman–Crippen MR) is 243 cm³/mol. The van der Waals surface area contributed by atoms with Crippen molar-refractivity contribution in [1.82, 2.24) is 19.5 Å². The van der Waals surface area contributed by atoms with Crippen LogP contribution in [0.3, 0.4) is 0 Å². The second kappa shape index (κ2) is 12.0. The lowest BCUT2D eigenvalue weighted by atomic mass is 9.63. The van der Waals surface area contributed by atoms with Crippen LogP contribution in [0.2, 0.25) is 0 Å². The molecule has 0 spiro atoms. The average Bonchev–Trinajstić information content (AvgIpc) is 3.74. The topological polar surface area (TPSA) is 56.7 Å². The number of hydrogen-bond donors (Lipinski definition) is 0. The lowest BCUT2D eigenvalue weighted by Gasteiger charge is -2.16. The molecular formula is C39H32B8N4O. The van der Waals surface area contributed by atoms with Gasteiger partial charge in [-0.05, 0) is 29.0 Å². The molecule has 0 saturated heterocycles. The number of hydrogen-bond acceptors (Lipinski definition) is 4. The number of rotatable bonds is 4. The Morgan fingerprint density at radius 1 is 0.423 bits per heavy atom. The van der Waals surface area contributed by atoms with Gasteiger partial charge in [-0.25, -0.2) is 15.0 Å². The SMILES string of the molecule is Bc1c(B)c(B)c2c(c1B)c1c(B)c(B)c(B)c(B)c1n2-c1ccc2c(c1)oc1cccc(-c3nc(-c4ccccc4)nc(-c4ccccc4)n3)c12. The van der Waals surface area contributed by atoms with Crippen molar-refractivity contribution in [3.63, 3.8) is 0 Å². The van der Waals surface area contributed by atoms with Gasteiger partial charge in [-0.2, -0.15) is 0 Å². The van der Waals surface area contributed by atoms with E-state index in [9.17, 15) is 0 Å². The van der Waals surface area contributed by atoms with Crippen molar-refractivity contribution in [2.45, 2.75) is 0 Å². The number of fused-ring (bicyclic) bond motifs is 6. The zero-order chi connectivity index (χ0) is 36.0. The number of aromatic nitrogens is 4. The summed E-state index contributed by atoms with van der Waals surface area (Å²) >= 11 is 0. The van der Waals surface area contributed by atoms with Crippen LogP contribution in [0.25, 0.3) is 83.6 Å². The van der Waals surface area contributed by atoms with E-state index in [1.54, 1.807) is 0 Å². The minimum Gasteiger partial charge on any atom is -0.456 e. The van der Waals surface area contributed by atoms with Gasteiger partial charge in [0.25, 0.3) is 0 Å². The summed E-state index contributed by atoms with van der Waals surface area (Å²) in [5.74, 6) is 1.88. The molecule has 3 aromatic heterocycles. The first-order valence-electron chi connectivity index (χ1n) is 18.0. The molecule has 0 atom stereocenters. The van der Waals surface area contributed by atoms with Crippen LogP contribution in [0.15, 0.2) is 101 Å². The molecule has 0 amide bonds. The Hall–Kier alpha value is -5.55. The van der Waals surface area contributed by atoms with E-state index in [2.05, 4.69) is 91.6 Å². The molecule has 0 saturated carbocycles. The highest BCUT2D eigenvalue weighted by Crippen LogP contribution is 2.38. The van der Waals surface area contributed by atoms with Crippen LogP contribution in [-0.2, 0) is 0 Å². The molecule has 13 heteroatoms. The summed E-state index contributed by atoms with van der Waals surface area (Å²) in [5, 5.41) is 4.72. The van der Waals surface area contributed by atoms with E-state index in [0.717, 1.165) is 44.3 Å². The fourth-order valence-electron chi connectivity index (χ4n) is 8.20. The molecule has 5 nitrogen and oxygen atoms in total. The normalized spacial score (nSPS) is 11.7. The molecule has 0 aliphatic heterocycles. The van der Waals surface area contributed by atoms with Gasteiger partial charge in [-0.1, -0.05) is 106 Å². The molecule has 0 radical (unpaired) electrons. The summed E-state index contributed by atoms with van der Waals surface area (Å²) < 4.78 is 9.21. The van der Waals surface area contributed by atoms with Crippen molar-refractivity contribution in [3.05, 3.63) is 97.1 Å².